The zero-order chi connectivity index (χ0) is 20.4. The monoisotopic (exact) mass is 405 g/mol. The van der Waals surface area contributed by atoms with Crippen molar-refractivity contribution in [2.24, 2.45) is 0 Å². The van der Waals surface area contributed by atoms with E-state index in [0.717, 1.165) is 11.3 Å². The number of benzene rings is 2. The van der Waals surface area contributed by atoms with Gasteiger partial charge in [0.2, 0.25) is 0 Å². The Balaban J connectivity index is 1.41. The molecule has 4 aromatic rings. The number of ether oxygens (including phenoxy) is 1. The normalized spacial score (nSPS) is 10.8. The molecule has 2 heterocycles. The van der Waals surface area contributed by atoms with E-state index in [0.29, 0.717) is 27.7 Å². The predicted octanol–water partition coefficient (Wildman–Crippen LogP) is 4.20. The third-order valence-electron chi connectivity index (χ3n) is 4.41. The van der Waals surface area contributed by atoms with Crippen LogP contribution in [0.25, 0.3) is 4.96 Å². The largest absolute Gasteiger partial charge is 0.487 e. The third-order valence-corrected chi connectivity index (χ3v) is 5.35. The maximum Gasteiger partial charge on any atom is 0.259 e. The standard InChI is InChI=1S/C22H19N3O3S/c1-14-4-3-5-16(10-14)21(27)23-17-6-8-19(9-7-17)28-12-18-11-20(26)25-15(2)13-29-22(25)24-18/h3-11,13H,12H2,1-2H3,(H,23,27). The number of carbonyl (C=O) groups is 1. The van der Waals surface area contributed by atoms with Crippen LogP contribution in [0.1, 0.15) is 27.3 Å². The molecule has 7 heteroatoms. The lowest BCUT2D eigenvalue weighted by molar-refractivity contribution is 0.102. The summed E-state index contributed by atoms with van der Waals surface area (Å²) < 4.78 is 7.33. The summed E-state index contributed by atoms with van der Waals surface area (Å²) in [5.41, 5.74) is 3.66. The zero-order valence-corrected chi connectivity index (χ0v) is 16.8. The van der Waals surface area contributed by atoms with Crippen LogP contribution in [0.4, 0.5) is 5.69 Å². The number of aryl methyl sites for hydroxylation is 2. The fraction of sp³-hybridized carbons (Fsp3) is 0.136. The van der Waals surface area contributed by atoms with Crippen LogP contribution in [0.2, 0.25) is 0 Å². The van der Waals surface area contributed by atoms with Gasteiger partial charge in [-0.25, -0.2) is 4.98 Å². The average Bonchev–Trinajstić information content (AvgIpc) is 3.08. The first kappa shape index (κ1) is 18.9. The maximum absolute atomic E-state index is 12.3. The molecule has 0 unspecified atom stereocenters. The average molecular weight is 405 g/mol. The molecular formula is C22H19N3O3S. The van der Waals surface area contributed by atoms with Crippen LogP contribution in [-0.4, -0.2) is 15.3 Å². The van der Waals surface area contributed by atoms with Gasteiger partial charge in [-0.3, -0.25) is 14.0 Å². The Morgan fingerprint density at radius 1 is 1.14 bits per heavy atom. The van der Waals surface area contributed by atoms with Crippen LogP contribution in [0.15, 0.2) is 64.8 Å². The van der Waals surface area contributed by atoms with Crippen molar-refractivity contribution < 1.29 is 9.53 Å². The molecule has 4 rings (SSSR count). The minimum absolute atomic E-state index is 0.110. The number of nitrogens with one attached hydrogen (secondary N) is 1. The second-order valence-corrected chi connectivity index (χ2v) is 7.55. The minimum atomic E-state index is -0.161. The first-order chi connectivity index (χ1) is 14.0. The molecule has 1 amide bonds. The summed E-state index contributed by atoms with van der Waals surface area (Å²) in [4.78, 5) is 29.7. The van der Waals surface area contributed by atoms with Gasteiger partial charge in [0.1, 0.15) is 12.4 Å². The van der Waals surface area contributed by atoms with E-state index in [2.05, 4.69) is 10.3 Å². The number of carbonyl (C=O) groups excluding carboxylic acids is 1. The SMILES string of the molecule is Cc1cccc(C(=O)Nc2ccc(OCc3cc(=O)n4c(C)csc4n3)cc2)c1. The van der Waals surface area contributed by atoms with E-state index in [1.54, 1.807) is 34.7 Å². The van der Waals surface area contributed by atoms with Gasteiger partial charge < -0.3 is 10.1 Å². The summed E-state index contributed by atoms with van der Waals surface area (Å²) in [6.07, 6.45) is 0. The van der Waals surface area contributed by atoms with Crippen molar-refractivity contribution >= 4 is 27.9 Å². The van der Waals surface area contributed by atoms with Crippen molar-refractivity contribution in [3.05, 3.63) is 92.8 Å². The Bertz CT molecular complexity index is 1240. The molecule has 0 saturated carbocycles. The number of nitrogens with zero attached hydrogens (tertiary/aromatic N) is 2. The van der Waals surface area contributed by atoms with Crippen molar-refractivity contribution in [1.29, 1.82) is 0 Å². The van der Waals surface area contributed by atoms with E-state index in [9.17, 15) is 9.59 Å². The lowest BCUT2D eigenvalue weighted by Crippen LogP contribution is -2.16. The number of thiazole rings is 1. The summed E-state index contributed by atoms with van der Waals surface area (Å²) >= 11 is 1.43. The molecule has 0 aliphatic rings. The van der Waals surface area contributed by atoms with Crippen LogP contribution < -0.4 is 15.6 Å². The van der Waals surface area contributed by atoms with Crippen LogP contribution in [-0.2, 0) is 6.61 Å². The molecule has 0 aliphatic carbocycles. The Kier molecular flexibility index (Phi) is 5.14. The second kappa shape index (κ2) is 7.89. The summed E-state index contributed by atoms with van der Waals surface area (Å²) in [7, 11) is 0. The smallest absolute Gasteiger partial charge is 0.259 e. The van der Waals surface area contributed by atoms with Gasteiger partial charge in [0.15, 0.2) is 4.96 Å². The number of aromatic nitrogens is 2. The molecule has 0 saturated heterocycles. The fourth-order valence-electron chi connectivity index (χ4n) is 2.96. The summed E-state index contributed by atoms with van der Waals surface area (Å²) in [6.45, 7) is 4.02. The number of fused-ring (bicyclic) bond motifs is 1. The van der Waals surface area contributed by atoms with Crippen molar-refractivity contribution in [2.45, 2.75) is 20.5 Å². The number of amides is 1. The van der Waals surface area contributed by atoms with Crippen molar-refractivity contribution in [1.82, 2.24) is 9.38 Å². The quantitative estimate of drug-likeness (QED) is 0.540. The molecule has 0 spiro atoms. The van der Waals surface area contributed by atoms with E-state index >= 15 is 0 Å². The number of anilines is 1. The Labute approximate surface area is 171 Å². The zero-order valence-electron chi connectivity index (χ0n) is 16.0. The van der Waals surface area contributed by atoms with Crippen molar-refractivity contribution in [3.63, 3.8) is 0 Å². The molecular weight excluding hydrogens is 386 g/mol. The highest BCUT2D eigenvalue weighted by Crippen LogP contribution is 2.18. The molecule has 146 valence electrons. The van der Waals surface area contributed by atoms with Gasteiger partial charge in [-0.2, -0.15) is 0 Å². The Hall–Kier alpha value is -3.45. The van der Waals surface area contributed by atoms with Crippen molar-refractivity contribution in [2.75, 3.05) is 5.32 Å². The number of hydrogen-bond donors (Lipinski definition) is 1. The van der Waals surface area contributed by atoms with E-state index in [1.165, 1.54) is 17.4 Å². The third kappa shape index (κ3) is 4.20. The highest BCUT2D eigenvalue weighted by atomic mass is 32.1. The first-order valence-electron chi connectivity index (χ1n) is 9.07. The second-order valence-electron chi connectivity index (χ2n) is 6.72. The minimum Gasteiger partial charge on any atom is -0.487 e. The molecule has 2 aromatic heterocycles. The summed E-state index contributed by atoms with van der Waals surface area (Å²) in [6, 6.07) is 16.0. The molecule has 0 radical (unpaired) electrons. The van der Waals surface area contributed by atoms with E-state index < -0.39 is 0 Å². The Morgan fingerprint density at radius 2 is 1.93 bits per heavy atom. The molecule has 29 heavy (non-hydrogen) atoms. The van der Waals surface area contributed by atoms with Gasteiger partial charge >= 0.3 is 0 Å². The summed E-state index contributed by atoms with van der Waals surface area (Å²) in [5, 5.41) is 4.77. The highest BCUT2D eigenvalue weighted by molar-refractivity contribution is 7.15. The maximum atomic E-state index is 12.3. The lowest BCUT2D eigenvalue weighted by atomic mass is 10.1. The van der Waals surface area contributed by atoms with Gasteiger partial charge in [-0.05, 0) is 50.2 Å². The van der Waals surface area contributed by atoms with Gasteiger partial charge in [0.25, 0.3) is 11.5 Å². The van der Waals surface area contributed by atoms with E-state index in [4.69, 9.17) is 4.74 Å². The van der Waals surface area contributed by atoms with Gasteiger partial charge in [0.05, 0.1) is 5.69 Å². The fourth-order valence-corrected chi connectivity index (χ4v) is 3.85. The lowest BCUT2D eigenvalue weighted by Gasteiger charge is -2.09. The van der Waals surface area contributed by atoms with E-state index in [1.807, 2.05) is 37.4 Å². The molecule has 0 bridgehead atoms. The molecule has 0 atom stereocenters. The number of rotatable bonds is 5. The molecule has 0 aliphatic heterocycles. The topological polar surface area (TPSA) is 72.7 Å². The van der Waals surface area contributed by atoms with E-state index in [-0.39, 0.29) is 18.1 Å². The predicted molar refractivity (Wildman–Crippen MR) is 114 cm³/mol. The molecule has 0 fully saturated rings. The van der Waals surface area contributed by atoms with Gasteiger partial charge in [-0.15, -0.1) is 11.3 Å². The van der Waals surface area contributed by atoms with Gasteiger partial charge in [0, 0.05) is 28.4 Å². The Morgan fingerprint density at radius 3 is 2.69 bits per heavy atom. The van der Waals surface area contributed by atoms with Crippen molar-refractivity contribution in [3.8, 4) is 5.75 Å². The molecule has 2 aromatic carbocycles. The van der Waals surface area contributed by atoms with Crippen LogP contribution in [0.5, 0.6) is 5.75 Å². The van der Waals surface area contributed by atoms with Crippen LogP contribution in [0.3, 0.4) is 0 Å². The van der Waals surface area contributed by atoms with Crippen LogP contribution >= 0.6 is 11.3 Å². The highest BCUT2D eigenvalue weighted by Gasteiger charge is 2.08. The first-order valence-corrected chi connectivity index (χ1v) is 9.95. The molecule has 1 N–H and O–H groups in total. The van der Waals surface area contributed by atoms with Gasteiger partial charge in [-0.1, -0.05) is 17.7 Å². The summed E-state index contributed by atoms with van der Waals surface area (Å²) in [5.74, 6) is 0.467. The molecule has 6 nitrogen and oxygen atoms in total. The number of hydrogen-bond acceptors (Lipinski definition) is 5. The van der Waals surface area contributed by atoms with Crippen LogP contribution in [0, 0.1) is 13.8 Å².